The Morgan fingerprint density at radius 1 is 1.38 bits per heavy atom. The fraction of sp³-hybridized carbons (Fsp3) is 0.688. The number of halogens is 1. The second-order valence-electron chi connectivity index (χ2n) is 6.43. The van der Waals surface area contributed by atoms with Crippen molar-refractivity contribution in [1.29, 1.82) is 0 Å². The highest BCUT2D eigenvalue weighted by atomic mass is 127. The molecule has 7 nitrogen and oxygen atoms in total. The first-order chi connectivity index (χ1) is 11.0. The Morgan fingerprint density at radius 3 is 2.54 bits per heavy atom. The van der Waals surface area contributed by atoms with Gasteiger partial charge in [0.25, 0.3) is 0 Å². The van der Waals surface area contributed by atoms with Crippen LogP contribution in [0.2, 0.25) is 0 Å². The van der Waals surface area contributed by atoms with Gasteiger partial charge < -0.3 is 19.6 Å². The normalized spacial score (nSPS) is 16.4. The van der Waals surface area contributed by atoms with Crippen molar-refractivity contribution in [3.63, 3.8) is 0 Å². The number of rotatable bonds is 5. The van der Waals surface area contributed by atoms with Crippen LogP contribution in [-0.2, 0) is 11.3 Å². The Morgan fingerprint density at radius 2 is 2.04 bits per heavy atom. The predicted molar refractivity (Wildman–Crippen MR) is 104 cm³/mol. The van der Waals surface area contributed by atoms with Gasteiger partial charge in [-0.15, -0.1) is 24.0 Å². The van der Waals surface area contributed by atoms with Crippen LogP contribution in [0.1, 0.15) is 31.4 Å². The van der Waals surface area contributed by atoms with Gasteiger partial charge in [0, 0.05) is 40.8 Å². The molecule has 0 radical (unpaired) electrons. The summed E-state index contributed by atoms with van der Waals surface area (Å²) in [5, 5.41) is 7.29. The summed E-state index contributed by atoms with van der Waals surface area (Å²) in [5.41, 5.74) is 0.532. The van der Waals surface area contributed by atoms with Gasteiger partial charge in [-0.1, -0.05) is 18.0 Å². The molecule has 0 atom stereocenters. The SMILES string of the molecule is CN=C(NCC1(C(=O)N(C)C)CCCC1)N(C)Cc1ccon1.I. The Hall–Kier alpha value is -1.32. The van der Waals surface area contributed by atoms with Crippen LogP contribution in [0.15, 0.2) is 21.8 Å². The highest BCUT2D eigenvalue weighted by molar-refractivity contribution is 14.0. The molecule has 1 amide bonds. The topological polar surface area (TPSA) is 74.0 Å². The average Bonchev–Trinajstić information content (AvgIpc) is 3.19. The molecule has 0 bridgehead atoms. The van der Waals surface area contributed by atoms with Crippen LogP contribution in [0.25, 0.3) is 0 Å². The van der Waals surface area contributed by atoms with Crippen LogP contribution in [0.3, 0.4) is 0 Å². The molecule has 1 fully saturated rings. The van der Waals surface area contributed by atoms with Crippen LogP contribution in [0.5, 0.6) is 0 Å². The minimum absolute atomic E-state index is 0. The fourth-order valence-corrected chi connectivity index (χ4v) is 3.26. The molecule has 1 aromatic heterocycles. The van der Waals surface area contributed by atoms with E-state index in [2.05, 4.69) is 15.5 Å². The second-order valence-corrected chi connectivity index (χ2v) is 6.43. The minimum Gasteiger partial charge on any atom is -0.364 e. The van der Waals surface area contributed by atoms with Crippen molar-refractivity contribution in [1.82, 2.24) is 20.3 Å². The molecule has 0 aliphatic heterocycles. The van der Waals surface area contributed by atoms with Crippen LogP contribution in [-0.4, -0.2) is 61.6 Å². The third-order valence-electron chi connectivity index (χ3n) is 4.47. The van der Waals surface area contributed by atoms with E-state index < -0.39 is 0 Å². The summed E-state index contributed by atoms with van der Waals surface area (Å²) in [6.07, 6.45) is 5.63. The first-order valence-corrected chi connectivity index (χ1v) is 8.01. The average molecular weight is 449 g/mol. The van der Waals surface area contributed by atoms with Crippen molar-refractivity contribution in [3.8, 4) is 0 Å². The molecule has 1 saturated carbocycles. The van der Waals surface area contributed by atoms with Gasteiger partial charge in [-0.2, -0.15) is 0 Å². The molecule has 1 N–H and O–H groups in total. The standard InChI is InChI=1S/C16H27N5O2.HI/c1-17-15(21(4)11-13-7-10-23-19-13)18-12-16(8-5-6-9-16)14(22)20(2)3;/h7,10H,5-6,8-9,11-12H2,1-4H3,(H,17,18);1H. The number of guanidine groups is 1. The van der Waals surface area contributed by atoms with Crippen LogP contribution in [0.4, 0.5) is 0 Å². The Balaban J connectivity index is 0.00000288. The molecule has 0 unspecified atom stereocenters. The lowest BCUT2D eigenvalue weighted by molar-refractivity contribution is -0.138. The molecular weight excluding hydrogens is 421 g/mol. The Kier molecular flexibility index (Phi) is 7.98. The Labute approximate surface area is 160 Å². The van der Waals surface area contributed by atoms with E-state index in [1.165, 1.54) is 0 Å². The lowest BCUT2D eigenvalue weighted by Gasteiger charge is -2.32. The summed E-state index contributed by atoms with van der Waals surface area (Å²) in [5.74, 6) is 0.961. The molecule has 1 heterocycles. The van der Waals surface area contributed by atoms with Gasteiger partial charge in [-0.3, -0.25) is 9.79 Å². The highest BCUT2D eigenvalue weighted by Gasteiger charge is 2.42. The molecule has 8 heteroatoms. The molecule has 24 heavy (non-hydrogen) atoms. The van der Waals surface area contributed by atoms with Crippen LogP contribution in [0, 0.1) is 5.41 Å². The maximum absolute atomic E-state index is 12.6. The summed E-state index contributed by atoms with van der Waals surface area (Å²) >= 11 is 0. The van der Waals surface area contributed by atoms with Crippen LogP contribution < -0.4 is 5.32 Å². The molecule has 1 aliphatic rings. The van der Waals surface area contributed by atoms with E-state index in [1.807, 2.05) is 32.1 Å². The number of hydrogen-bond acceptors (Lipinski definition) is 4. The lowest BCUT2D eigenvalue weighted by Crippen LogP contribution is -2.49. The molecular formula is C16H28IN5O2. The van der Waals surface area contributed by atoms with E-state index in [4.69, 9.17) is 4.52 Å². The number of carbonyl (C=O) groups is 1. The van der Waals surface area contributed by atoms with E-state index in [9.17, 15) is 4.79 Å². The minimum atomic E-state index is -0.311. The van der Waals surface area contributed by atoms with Gasteiger partial charge in [0.1, 0.15) is 12.0 Å². The van der Waals surface area contributed by atoms with Gasteiger partial charge in [-0.05, 0) is 12.8 Å². The third kappa shape index (κ3) is 4.84. The number of aromatic nitrogens is 1. The zero-order valence-corrected chi connectivity index (χ0v) is 17.2. The van der Waals surface area contributed by atoms with Crippen molar-refractivity contribution in [3.05, 3.63) is 18.0 Å². The van der Waals surface area contributed by atoms with Crippen molar-refractivity contribution in [2.45, 2.75) is 32.2 Å². The first kappa shape index (κ1) is 20.7. The predicted octanol–water partition coefficient (Wildman–Crippen LogP) is 1.95. The molecule has 1 aromatic rings. The number of aliphatic imine (C=N–C) groups is 1. The summed E-state index contributed by atoms with van der Waals surface area (Å²) < 4.78 is 4.86. The molecule has 2 rings (SSSR count). The van der Waals surface area contributed by atoms with E-state index in [1.54, 1.807) is 18.2 Å². The summed E-state index contributed by atoms with van der Waals surface area (Å²) in [4.78, 5) is 20.6. The van der Waals surface area contributed by atoms with Crippen molar-refractivity contribution in [2.24, 2.45) is 10.4 Å². The zero-order valence-electron chi connectivity index (χ0n) is 14.9. The largest absolute Gasteiger partial charge is 0.364 e. The van der Waals surface area contributed by atoms with E-state index in [0.717, 1.165) is 37.3 Å². The van der Waals surface area contributed by atoms with E-state index >= 15 is 0 Å². The second kappa shape index (κ2) is 9.24. The quantitative estimate of drug-likeness (QED) is 0.423. The molecule has 1 aliphatic carbocycles. The molecule has 136 valence electrons. The van der Waals surface area contributed by atoms with Gasteiger partial charge in [-0.25, -0.2) is 0 Å². The van der Waals surface area contributed by atoms with Crippen molar-refractivity contribution >= 4 is 35.8 Å². The first-order valence-electron chi connectivity index (χ1n) is 8.01. The lowest BCUT2D eigenvalue weighted by atomic mass is 9.84. The number of nitrogens with one attached hydrogen (secondary N) is 1. The van der Waals surface area contributed by atoms with Gasteiger partial charge >= 0.3 is 0 Å². The maximum Gasteiger partial charge on any atom is 0.230 e. The van der Waals surface area contributed by atoms with E-state index in [-0.39, 0.29) is 35.3 Å². The zero-order chi connectivity index (χ0) is 16.9. The maximum atomic E-state index is 12.6. The highest BCUT2D eigenvalue weighted by Crippen LogP contribution is 2.38. The van der Waals surface area contributed by atoms with Gasteiger partial charge in [0.15, 0.2) is 5.96 Å². The fourth-order valence-electron chi connectivity index (χ4n) is 3.26. The molecule has 0 aromatic carbocycles. The third-order valence-corrected chi connectivity index (χ3v) is 4.47. The van der Waals surface area contributed by atoms with Crippen molar-refractivity contribution < 1.29 is 9.32 Å². The van der Waals surface area contributed by atoms with Crippen molar-refractivity contribution in [2.75, 3.05) is 34.7 Å². The summed E-state index contributed by atoms with van der Waals surface area (Å²) in [6, 6.07) is 1.83. The molecule has 0 saturated heterocycles. The molecule has 0 spiro atoms. The van der Waals surface area contributed by atoms with Gasteiger partial charge in [0.05, 0.1) is 12.0 Å². The number of nitrogens with zero attached hydrogens (tertiary/aromatic N) is 4. The number of amides is 1. The summed E-state index contributed by atoms with van der Waals surface area (Å²) in [6.45, 7) is 1.21. The Bertz CT molecular complexity index is 539. The monoisotopic (exact) mass is 449 g/mol. The number of carbonyl (C=O) groups excluding carboxylic acids is 1. The van der Waals surface area contributed by atoms with E-state index in [0.29, 0.717) is 13.1 Å². The smallest absolute Gasteiger partial charge is 0.230 e. The van der Waals surface area contributed by atoms with Crippen LogP contribution >= 0.6 is 24.0 Å². The van der Waals surface area contributed by atoms with Gasteiger partial charge in [0.2, 0.25) is 5.91 Å². The number of hydrogen-bond donors (Lipinski definition) is 1. The summed E-state index contributed by atoms with van der Waals surface area (Å²) in [7, 11) is 7.34.